The zero-order chi connectivity index (χ0) is 12.4. The fourth-order valence-corrected chi connectivity index (χ4v) is 2.53. The van der Waals surface area contributed by atoms with Gasteiger partial charge in [-0.1, -0.05) is 34.6 Å². The summed E-state index contributed by atoms with van der Waals surface area (Å²) in [6, 6.07) is 0. The van der Waals surface area contributed by atoms with Gasteiger partial charge in [-0.05, 0) is 36.6 Å². The summed E-state index contributed by atoms with van der Waals surface area (Å²) in [6.07, 6.45) is 3.63. The van der Waals surface area contributed by atoms with Crippen molar-refractivity contribution in [2.75, 3.05) is 19.6 Å². The first kappa shape index (κ1) is 14.0. The molecule has 0 aromatic heterocycles. The molecule has 0 aliphatic carbocycles. The molecule has 0 spiro atoms. The van der Waals surface area contributed by atoms with Gasteiger partial charge in [0.05, 0.1) is 6.10 Å². The van der Waals surface area contributed by atoms with E-state index < -0.39 is 0 Å². The Bertz CT molecular complexity index is 215. The molecule has 1 aliphatic heterocycles. The molecule has 0 bridgehead atoms. The second-order valence-electron chi connectivity index (χ2n) is 6.57. The number of aliphatic hydroxyl groups is 1. The Morgan fingerprint density at radius 3 is 2.19 bits per heavy atom. The van der Waals surface area contributed by atoms with Crippen molar-refractivity contribution in [3.05, 3.63) is 0 Å². The third-order valence-corrected chi connectivity index (χ3v) is 4.45. The maximum atomic E-state index is 10.1. The van der Waals surface area contributed by atoms with Gasteiger partial charge in [0.25, 0.3) is 0 Å². The maximum Gasteiger partial charge on any atom is 0.0715 e. The van der Waals surface area contributed by atoms with E-state index in [0.717, 1.165) is 13.1 Å². The van der Waals surface area contributed by atoms with E-state index in [-0.39, 0.29) is 11.5 Å². The van der Waals surface area contributed by atoms with Crippen LogP contribution in [0.15, 0.2) is 0 Å². The summed E-state index contributed by atoms with van der Waals surface area (Å²) in [6.45, 7) is 14.1. The van der Waals surface area contributed by atoms with Crippen LogP contribution in [0.5, 0.6) is 0 Å². The lowest BCUT2D eigenvalue weighted by Gasteiger charge is -2.31. The van der Waals surface area contributed by atoms with E-state index in [0.29, 0.717) is 5.41 Å². The summed E-state index contributed by atoms with van der Waals surface area (Å²) in [7, 11) is 0. The van der Waals surface area contributed by atoms with Crippen LogP contribution in [0.4, 0.5) is 0 Å². The van der Waals surface area contributed by atoms with E-state index >= 15 is 0 Å². The monoisotopic (exact) mass is 227 g/mol. The molecule has 0 radical (unpaired) electrons. The van der Waals surface area contributed by atoms with Gasteiger partial charge in [0.15, 0.2) is 0 Å². The number of likely N-dealkylation sites (tertiary alicyclic amines) is 1. The fourth-order valence-electron chi connectivity index (χ4n) is 2.53. The van der Waals surface area contributed by atoms with Gasteiger partial charge in [0.2, 0.25) is 0 Å². The molecule has 0 amide bonds. The highest BCUT2D eigenvalue weighted by atomic mass is 16.3. The summed E-state index contributed by atoms with van der Waals surface area (Å²) in [5.41, 5.74) is 0.529. The zero-order valence-electron chi connectivity index (χ0n) is 11.7. The Labute approximate surface area is 101 Å². The molecule has 96 valence electrons. The molecule has 1 fully saturated rings. The minimum atomic E-state index is -0.211. The van der Waals surface area contributed by atoms with E-state index in [4.69, 9.17) is 0 Å². The van der Waals surface area contributed by atoms with Crippen molar-refractivity contribution in [1.29, 1.82) is 0 Å². The van der Waals surface area contributed by atoms with Crippen LogP contribution in [0.25, 0.3) is 0 Å². The Kier molecular flexibility index (Phi) is 4.42. The van der Waals surface area contributed by atoms with Crippen molar-refractivity contribution in [3.63, 3.8) is 0 Å². The normalized spacial score (nSPS) is 23.6. The molecule has 1 rings (SSSR count). The van der Waals surface area contributed by atoms with E-state index in [1.54, 1.807) is 0 Å². The SMILES string of the molecule is CCC1(CC)CCN(CC(O)C(C)(C)C)C1. The first-order chi connectivity index (χ1) is 7.33. The quantitative estimate of drug-likeness (QED) is 0.798. The Morgan fingerprint density at radius 1 is 1.25 bits per heavy atom. The molecule has 1 heterocycles. The van der Waals surface area contributed by atoms with Crippen molar-refractivity contribution in [2.24, 2.45) is 10.8 Å². The van der Waals surface area contributed by atoms with Gasteiger partial charge in [0.1, 0.15) is 0 Å². The van der Waals surface area contributed by atoms with Crippen molar-refractivity contribution in [1.82, 2.24) is 4.90 Å². The third-order valence-electron chi connectivity index (χ3n) is 4.45. The zero-order valence-corrected chi connectivity index (χ0v) is 11.7. The van der Waals surface area contributed by atoms with Gasteiger partial charge in [-0.3, -0.25) is 0 Å². The predicted molar refractivity (Wildman–Crippen MR) is 69.5 cm³/mol. The molecule has 0 aromatic rings. The summed E-state index contributed by atoms with van der Waals surface area (Å²) in [5.74, 6) is 0. The molecule has 1 N–H and O–H groups in total. The van der Waals surface area contributed by atoms with Crippen molar-refractivity contribution in [3.8, 4) is 0 Å². The van der Waals surface area contributed by atoms with E-state index in [1.165, 1.54) is 25.8 Å². The van der Waals surface area contributed by atoms with Gasteiger partial charge in [-0.2, -0.15) is 0 Å². The summed E-state index contributed by atoms with van der Waals surface area (Å²) in [4.78, 5) is 2.45. The number of aliphatic hydroxyl groups excluding tert-OH is 1. The number of hydrogen-bond donors (Lipinski definition) is 1. The van der Waals surface area contributed by atoms with Gasteiger partial charge in [0, 0.05) is 13.1 Å². The minimum absolute atomic E-state index is 0.00365. The highest BCUT2D eigenvalue weighted by molar-refractivity contribution is 4.89. The van der Waals surface area contributed by atoms with Crippen LogP contribution in [0.1, 0.15) is 53.9 Å². The molecule has 2 nitrogen and oxygen atoms in total. The van der Waals surface area contributed by atoms with Crippen molar-refractivity contribution < 1.29 is 5.11 Å². The van der Waals surface area contributed by atoms with Gasteiger partial charge in [-0.15, -0.1) is 0 Å². The molecule has 2 heteroatoms. The first-order valence-electron chi connectivity index (χ1n) is 6.73. The molecule has 1 unspecified atom stereocenters. The maximum absolute atomic E-state index is 10.1. The number of hydrogen-bond acceptors (Lipinski definition) is 2. The van der Waals surface area contributed by atoms with Gasteiger partial charge < -0.3 is 10.0 Å². The smallest absolute Gasteiger partial charge is 0.0715 e. The molecular formula is C14H29NO. The van der Waals surface area contributed by atoms with E-state index in [2.05, 4.69) is 39.5 Å². The predicted octanol–water partition coefficient (Wildman–Crippen LogP) is 2.91. The number of rotatable bonds is 4. The Morgan fingerprint density at radius 2 is 1.81 bits per heavy atom. The molecule has 16 heavy (non-hydrogen) atoms. The highest BCUT2D eigenvalue weighted by Gasteiger charge is 2.36. The fraction of sp³-hybridized carbons (Fsp3) is 1.00. The van der Waals surface area contributed by atoms with Crippen LogP contribution < -0.4 is 0 Å². The Balaban J connectivity index is 2.48. The van der Waals surface area contributed by atoms with Gasteiger partial charge in [-0.25, -0.2) is 0 Å². The lowest BCUT2D eigenvalue weighted by molar-refractivity contribution is 0.0312. The number of β-amino-alcohol motifs (C(OH)–C–C–N with tert-alkyl or cyclic N) is 1. The van der Waals surface area contributed by atoms with Crippen LogP contribution in [0.2, 0.25) is 0 Å². The lowest BCUT2D eigenvalue weighted by atomic mass is 9.82. The standard InChI is InChI=1S/C14H29NO/c1-6-14(7-2)8-9-15(11-14)10-12(16)13(3,4)5/h12,16H,6-11H2,1-5H3. The molecule has 1 atom stereocenters. The first-order valence-corrected chi connectivity index (χ1v) is 6.73. The third kappa shape index (κ3) is 3.21. The van der Waals surface area contributed by atoms with Crippen LogP contribution in [0, 0.1) is 10.8 Å². The van der Waals surface area contributed by atoms with Crippen LogP contribution in [0.3, 0.4) is 0 Å². The van der Waals surface area contributed by atoms with E-state index in [1.807, 2.05) is 0 Å². The molecular weight excluding hydrogens is 198 g/mol. The highest BCUT2D eigenvalue weighted by Crippen LogP contribution is 2.37. The second kappa shape index (κ2) is 5.05. The molecule has 1 aliphatic rings. The van der Waals surface area contributed by atoms with Crippen LogP contribution in [-0.2, 0) is 0 Å². The topological polar surface area (TPSA) is 23.5 Å². The van der Waals surface area contributed by atoms with E-state index in [9.17, 15) is 5.11 Å². The average molecular weight is 227 g/mol. The van der Waals surface area contributed by atoms with Crippen LogP contribution >= 0.6 is 0 Å². The average Bonchev–Trinajstić information content (AvgIpc) is 2.61. The van der Waals surface area contributed by atoms with Gasteiger partial charge >= 0.3 is 0 Å². The molecule has 0 saturated carbocycles. The number of nitrogens with zero attached hydrogens (tertiary/aromatic N) is 1. The Hall–Kier alpha value is -0.0800. The molecule has 1 saturated heterocycles. The van der Waals surface area contributed by atoms with Crippen LogP contribution in [-0.4, -0.2) is 35.7 Å². The lowest BCUT2D eigenvalue weighted by Crippen LogP contribution is -2.39. The van der Waals surface area contributed by atoms with Crippen molar-refractivity contribution in [2.45, 2.75) is 60.0 Å². The van der Waals surface area contributed by atoms with Crippen molar-refractivity contribution >= 4 is 0 Å². The summed E-state index contributed by atoms with van der Waals surface area (Å²) >= 11 is 0. The summed E-state index contributed by atoms with van der Waals surface area (Å²) in [5, 5.41) is 10.1. The molecule has 0 aromatic carbocycles. The summed E-state index contributed by atoms with van der Waals surface area (Å²) < 4.78 is 0. The second-order valence-corrected chi connectivity index (χ2v) is 6.57. The minimum Gasteiger partial charge on any atom is -0.391 e. The largest absolute Gasteiger partial charge is 0.391 e.